The van der Waals surface area contributed by atoms with E-state index in [0.717, 1.165) is 11.3 Å². The van der Waals surface area contributed by atoms with Gasteiger partial charge in [0.2, 0.25) is 5.91 Å². The first kappa shape index (κ1) is 20.4. The fourth-order valence-corrected chi connectivity index (χ4v) is 3.68. The molecule has 1 aliphatic heterocycles. The lowest BCUT2D eigenvalue weighted by atomic mass is 9.88. The van der Waals surface area contributed by atoms with Crippen LogP contribution in [0.15, 0.2) is 42.5 Å². The van der Waals surface area contributed by atoms with Gasteiger partial charge in [-0.2, -0.15) is 0 Å². The van der Waals surface area contributed by atoms with Crippen LogP contribution in [0.25, 0.3) is 0 Å². The highest BCUT2D eigenvalue weighted by molar-refractivity contribution is 5.98. The number of amides is 2. The molecule has 0 fully saturated rings. The van der Waals surface area contributed by atoms with E-state index in [-0.39, 0.29) is 18.2 Å². The van der Waals surface area contributed by atoms with Crippen LogP contribution in [0, 0.1) is 0 Å². The Bertz CT molecular complexity index is 971. The Morgan fingerprint density at radius 3 is 2.62 bits per heavy atom. The minimum absolute atomic E-state index is 0.0343. The lowest BCUT2D eigenvalue weighted by Gasteiger charge is -2.30. The third-order valence-corrected chi connectivity index (χ3v) is 5.22. The first-order valence-corrected chi connectivity index (χ1v) is 9.33. The molecule has 7 heteroatoms. The third kappa shape index (κ3) is 4.23. The Morgan fingerprint density at radius 2 is 1.97 bits per heavy atom. The smallest absolute Gasteiger partial charge is 0.306 e. The number of hydrogen-bond acceptors (Lipinski definition) is 4. The molecule has 2 aromatic rings. The van der Waals surface area contributed by atoms with Gasteiger partial charge in [-0.1, -0.05) is 12.1 Å². The lowest BCUT2D eigenvalue weighted by Crippen LogP contribution is -2.45. The van der Waals surface area contributed by atoms with E-state index in [4.69, 9.17) is 4.74 Å². The molecule has 7 nitrogen and oxygen atoms in total. The Kier molecular flexibility index (Phi) is 5.59. The molecule has 1 aliphatic rings. The number of carbonyl (C=O) groups is 3. The molecule has 2 amide bonds. The molecule has 29 heavy (non-hydrogen) atoms. The monoisotopic (exact) mass is 396 g/mol. The normalized spacial score (nSPS) is 14.7. The van der Waals surface area contributed by atoms with Crippen LogP contribution in [-0.4, -0.2) is 36.5 Å². The highest BCUT2D eigenvalue weighted by Gasteiger charge is 2.33. The number of rotatable bonds is 6. The van der Waals surface area contributed by atoms with Crippen molar-refractivity contribution < 1.29 is 24.2 Å². The molecule has 152 valence electrons. The molecular weight excluding hydrogens is 372 g/mol. The zero-order valence-corrected chi connectivity index (χ0v) is 16.7. The van der Waals surface area contributed by atoms with E-state index in [0.29, 0.717) is 29.8 Å². The van der Waals surface area contributed by atoms with E-state index in [1.807, 2.05) is 0 Å². The van der Waals surface area contributed by atoms with Crippen LogP contribution in [0.3, 0.4) is 0 Å². The number of hydrogen-bond donors (Lipinski definition) is 2. The number of carboxylic acid groups (broad SMARTS) is 1. The zero-order chi connectivity index (χ0) is 21.2. The summed E-state index contributed by atoms with van der Waals surface area (Å²) in [5.41, 5.74) is 1.68. The molecule has 0 radical (unpaired) electrons. The van der Waals surface area contributed by atoms with Crippen LogP contribution in [0.5, 0.6) is 5.75 Å². The van der Waals surface area contributed by atoms with Crippen molar-refractivity contribution in [3.63, 3.8) is 0 Å². The molecule has 3 rings (SSSR count). The first-order valence-electron chi connectivity index (χ1n) is 9.33. The number of nitrogens with one attached hydrogen (secondary N) is 1. The number of carbonyl (C=O) groups excluding carboxylic acids is 2. The zero-order valence-electron chi connectivity index (χ0n) is 16.7. The van der Waals surface area contributed by atoms with E-state index in [1.165, 1.54) is 14.0 Å². The summed E-state index contributed by atoms with van der Waals surface area (Å²) in [6.45, 7) is 3.79. The Labute approximate surface area is 169 Å². The van der Waals surface area contributed by atoms with Crippen molar-refractivity contribution in [1.82, 2.24) is 5.32 Å². The molecule has 0 saturated heterocycles. The molecule has 1 unspecified atom stereocenters. The summed E-state index contributed by atoms with van der Waals surface area (Å²) in [5.74, 6) is -0.856. The van der Waals surface area contributed by atoms with E-state index in [2.05, 4.69) is 5.32 Å². The molecule has 0 bridgehead atoms. The van der Waals surface area contributed by atoms with Crippen LogP contribution in [0.4, 0.5) is 5.69 Å². The first-order chi connectivity index (χ1) is 13.7. The van der Waals surface area contributed by atoms with Gasteiger partial charge in [-0.05, 0) is 54.8 Å². The Balaban J connectivity index is 1.89. The number of methoxy groups -OCH3 is 1. The molecule has 2 N–H and O–H groups in total. The van der Waals surface area contributed by atoms with Gasteiger partial charge in [-0.25, -0.2) is 0 Å². The summed E-state index contributed by atoms with van der Waals surface area (Å²) in [7, 11) is 1.53. The van der Waals surface area contributed by atoms with Crippen molar-refractivity contribution in [1.29, 1.82) is 0 Å². The van der Waals surface area contributed by atoms with Gasteiger partial charge in [-0.15, -0.1) is 0 Å². The maximum atomic E-state index is 13.0. The fourth-order valence-electron chi connectivity index (χ4n) is 3.68. The van der Waals surface area contributed by atoms with Gasteiger partial charge in [-0.3, -0.25) is 14.4 Å². The lowest BCUT2D eigenvalue weighted by molar-refractivity contribution is -0.138. The van der Waals surface area contributed by atoms with Crippen LogP contribution < -0.4 is 15.0 Å². The standard InChI is InChI=1S/C22H24N2O5/c1-14(25)24-10-9-15-11-16(7-8-19(15)24)21(28)23-22(2,13-20(26)27)17-5-4-6-18(12-17)29-3/h4-8,11-12H,9-10,13H2,1-3H3,(H,23,28)(H,26,27). The molecule has 0 aromatic heterocycles. The topological polar surface area (TPSA) is 95.9 Å². The summed E-state index contributed by atoms with van der Waals surface area (Å²) in [5, 5.41) is 12.3. The minimum Gasteiger partial charge on any atom is -0.497 e. The predicted octanol–water partition coefficient (Wildman–Crippen LogP) is 2.72. The molecule has 0 saturated carbocycles. The molecule has 1 heterocycles. The number of ether oxygens (including phenoxy) is 1. The second kappa shape index (κ2) is 7.95. The van der Waals surface area contributed by atoms with Crippen molar-refractivity contribution in [3.05, 3.63) is 59.2 Å². The van der Waals surface area contributed by atoms with Crippen LogP contribution in [-0.2, 0) is 21.5 Å². The minimum atomic E-state index is -1.12. The highest BCUT2D eigenvalue weighted by Crippen LogP contribution is 2.31. The van der Waals surface area contributed by atoms with Crippen molar-refractivity contribution >= 4 is 23.5 Å². The second-order valence-corrected chi connectivity index (χ2v) is 7.35. The fraction of sp³-hybridized carbons (Fsp3) is 0.318. The number of benzene rings is 2. The van der Waals surface area contributed by atoms with E-state index >= 15 is 0 Å². The summed E-state index contributed by atoms with van der Waals surface area (Å²) in [6.07, 6.45) is 0.396. The number of nitrogens with zero attached hydrogens (tertiary/aromatic N) is 1. The highest BCUT2D eigenvalue weighted by atomic mass is 16.5. The van der Waals surface area contributed by atoms with Gasteiger partial charge in [0.1, 0.15) is 5.75 Å². The van der Waals surface area contributed by atoms with Gasteiger partial charge in [0.15, 0.2) is 0 Å². The van der Waals surface area contributed by atoms with E-state index in [9.17, 15) is 19.5 Å². The van der Waals surface area contributed by atoms with Gasteiger partial charge in [0.25, 0.3) is 5.91 Å². The SMILES string of the molecule is COc1cccc(C(C)(CC(=O)O)NC(=O)c2ccc3c(c2)CCN3C(C)=O)c1. The maximum Gasteiger partial charge on any atom is 0.306 e. The second-order valence-electron chi connectivity index (χ2n) is 7.35. The molecule has 1 atom stereocenters. The predicted molar refractivity (Wildman–Crippen MR) is 108 cm³/mol. The Hall–Kier alpha value is -3.35. The van der Waals surface area contributed by atoms with Crippen LogP contribution in [0.1, 0.15) is 41.8 Å². The quantitative estimate of drug-likeness (QED) is 0.783. The average Bonchev–Trinajstić information content (AvgIpc) is 3.10. The largest absolute Gasteiger partial charge is 0.497 e. The maximum absolute atomic E-state index is 13.0. The van der Waals surface area contributed by atoms with Crippen molar-refractivity contribution in [2.45, 2.75) is 32.2 Å². The van der Waals surface area contributed by atoms with E-state index in [1.54, 1.807) is 54.3 Å². The van der Waals surface area contributed by atoms with Gasteiger partial charge < -0.3 is 20.1 Å². The van der Waals surface area contributed by atoms with Crippen LogP contribution in [0.2, 0.25) is 0 Å². The van der Waals surface area contributed by atoms with Crippen molar-refractivity contribution in [3.8, 4) is 5.75 Å². The number of fused-ring (bicyclic) bond motifs is 1. The van der Waals surface area contributed by atoms with Crippen molar-refractivity contribution in [2.75, 3.05) is 18.6 Å². The molecular formula is C22H24N2O5. The van der Waals surface area contributed by atoms with Gasteiger partial charge in [0, 0.05) is 24.7 Å². The number of carboxylic acids is 1. The molecule has 0 spiro atoms. The third-order valence-electron chi connectivity index (χ3n) is 5.22. The molecule has 0 aliphatic carbocycles. The summed E-state index contributed by atoms with van der Waals surface area (Å²) < 4.78 is 5.23. The summed E-state index contributed by atoms with van der Waals surface area (Å²) in [4.78, 5) is 37.9. The van der Waals surface area contributed by atoms with E-state index < -0.39 is 11.5 Å². The molecule has 2 aromatic carbocycles. The number of aliphatic carboxylic acids is 1. The van der Waals surface area contributed by atoms with Crippen molar-refractivity contribution in [2.24, 2.45) is 0 Å². The van der Waals surface area contributed by atoms with Gasteiger partial charge in [0.05, 0.1) is 19.1 Å². The summed E-state index contributed by atoms with van der Waals surface area (Å²) in [6, 6.07) is 12.2. The number of anilines is 1. The summed E-state index contributed by atoms with van der Waals surface area (Å²) >= 11 is 0. The average molecular weight is 396 g/mol. The Morgan fingerprint density at radius 1 is 1.21 bits per heavy atom. The van der Waals surface area contributed by atoms with Gasteiger partial charge >= 0.3 is 5.97 Å². The van der Waals surface area contributed by atoms with Crippen LogP contribution >= 0.6 is 0 Å².